The maximum atomic E-state index is 12.2. The van der Waals surface area contributed by atoms with Gasteiger partial charge in [-0.2, -0.15) is 4.72 Å². The largest absolute Gasteiger partial charge is 0.377 e. The summed E-state index contributed by atoms with van der Waals surface area (Å²) in [5.41, 5.74) is 0. The Morgan fingerprint density at radius 3 is 2.31 bits per heavy atom. The summed E-state index contributed by atoms with van der Waals surface area (Å²) in [6.07, 6.45) is -2.57. The van der Waals surface area contributed by atoms with Crippen molar-refractivity contribution in [1.82, 2.24) is 4.72 Å². The van der Waals surface area contributed by atoms with Crippen LogP contribution >= 0.6 is 0 Å². The molecule has 2 saturated carbocycles. The lowest BCUT2D eigenvalue weighted by Gasteiger charge is -2.16. The highest BCUT2D eigenvalue weighted by Crippen LogP contribution is 2.46. The number of halogens is 2. The van der Waals surface area contributed by atoms with Gasteiger partial charge in [0.2, 0.25) is 16.4 Å². The minimum Gasteiger partial charge on any atom is -0.377 e. The Hall–Kier alpha value is -0.270. The van der Waals surface area contributed by atoms with Crippen LogP contribution in [0.3, 0.4) is 0 Å². The molecular formula is C9H15F2NO3S. The highest BCUT2D eigenvalue weighted by atomic mass is 32.2. The van der Waals surface area contributed by atoms with E-state index >= 15 is 0 Å². The second kappa shape index (κ2) is 3.61. The SMILES string of the molecule is CC1(S(=O)(=O)NC(O)C2CC2C(F)F)CC1. The van der Waals surface area contributed by atoms with E-state index in [1.807, 2.05) is 0 Å². The van der Waals surface area contributed by atoms with Crippen molar-refractivity contribution in [3.8, 4) is 0 Å². The van der Waals surface area contributed by atoms with Gasteiger partial charge >= 0.3 is 0 Å². The third-order valence-corrected chi connectivity index (χ3v) is 5.76. The number of alkyl halides is 2. The monoisotopic (exact) mass is 255 g/mol. The molecular weight excluding hydrogens is 240 g/mol. The normalized spacial score (nSPS) is 33.8. The minimum atomic E-state index is -3.58. The van der Waals surface area contributed by atoms with E-state index in [4.69, 9.17) is 0 Å². The van der Waals surface area contributed by atoms with E-state index in [1.165, 1.54) is 0 Å². The van der Waals surface area contributed by atoms with E-state index in [1.54, 1.807) is 6.92 Å². The van der Waals surface area contributed by atoms with Crippen molar-refractivity contribution in [3.63, 3.8) is 0 Å². The van der Waals surface area contributed by atoms with Gasteiger partial charge in [-0.3, -0.25) is 0 Å². The number of hydrogen-bond donors (Lipinski definition) is 2. The van der Waals surface area contributed by atoms with Crippen LogP contribution in [0.15, 0.2) is 0 Å². The first-order chi connectivity index (χ1) is 7.27. The van der Waals surface area contributed by atoms with Crippen LogP contribution in [0.25, 0.3) is 0 Å². The van der Waals surface area contributed by atoms with Gasteiger partial charge in [0.15, 0.2) is 0 Å². The Labute approximate surface area is 93.1 Å². The smallest absolute Gasteiger partial charge is 0.241 e. The van der Waals surface area contributed by atoms with Crippen LogP contribution in [-0.2, 0) is 10.0 Å². The molecule has 2 fully saturated rings. The highest BCUT2D eigenvalue weighted by molar-refractivity contribution is 7.91. The first kappa shape index (κ1) is 12.2. The zero-order valence-electron chi connectivity index (χ0n) is 8.86. The molecule has 0 bridgehead atoms. The van der Waals surface area contributed by atoms with Crippen LogP contribution in [-0.4, -0.2) is 30.9 Å². The maximum absolute atomic E-state index is 12.2. The minimum absolute atomic E-state index is 0.179. The van der Waals surface area contributed by atoms with Crippen LogP contribution in [0, 0.1) is 11.8 Å². The van der Waals surface area contributed by atoms with Crippen molar-refractivity contribution in [2.75, 3.05) is 0 Å². The zero-order valence-corrected chi connectivity index (χ0v) is 9.68. The molecule has 2 rings (SSSR count). The van der Waals surface area contributed by atoms with Gasteiger partial charge in [-0.05, 0) is 26.2 Å². The standard InChI is InChI=1S/C9H15F2NO3S/c1-9(2-3-9)16(14,15)12-8(13)6-4-5(6)7(10)11/h5-8,12-13H,2-4H2,1H3. The molecule has 0 amide bonds. The number of aliphatic hydroxyl groups is 1. The van der Waals surface area contributed by atoms with Gasteiger partial charge < -0.3 is 5.11 Å². The van der Waals surface area contributed by atoms with Crippen molar-refractivity contribution >= 4 is 10.0 Å². The Bertz CT molecular complexity index is 380. The fraction of sp³-hybridized carbons (Fsp3) is 1.00. The first-order valence-corrected chi connectivity index (χ1v) is 6.73. The van der Waals surface area contributed by atoms with Crippen molar-refractivity contribution in [3.05, 3.63) is 0 Å². The fourth-order valence-electron chi connectivity index (χ4n) is 1.72. The average Bonchev–Trinajstić information content (AvgIpc) is 2.93. The Morgan fingerprint density at radius 2 is 1.94 bits per heavy atom. The second-order valence-electron chi connectivity index (χ2n) is 4.91. The summed E-state index contributed by atoms with van der Waals surface area (Å²) < 4.78 is 49.1. The molecule has 2 aliphatic carbocycles. The Balaban J connectivity index is 1.92. The van der Waals surface area contributed by atoms with Gasteiger partial charge in [0, 0.05) is 11.8 Å². The van der Waals surface area contributed by atoms with E-state index in [0.29, 0.717) is 12.8 Å². The van der Waals surface area contributed by atoms with Crippen LogP contribution in [0.4, 0.5) is 8.78 Å². The quantitative estimate of drug-likeness (QED) is 0.710. The van der Waals surface area contributed by atoms with Gasteiger partial charge in [-0.15, -0.1) is 0 Å². The lowest BCUT2D eigenvalue weighted by atomic mass is 10.3. The average molecular weight is 255 g/mol. The van der Waals surface area contributed by atoms with E-state index in [9.17, 15) is 22.3 Å². The number of rotatable bonds is 5. The van der Waals surface area contributed by atoms with Crippen molar-refractivity contribution in [2.45, 2.75) is 43.6 Å². The topological polar surface area (TPSA) is 66.4 Å². The molecule has 0 saturated heterocycles. The van der Waals surface area contributed by atoms with Crippen molar-refractivity contribution < 1.29 is 22.3 Å². The summed E-state index contributed by atoms with van der Waals surface area (Å²) in [4.78, 5) is 0. The molecule has 0 aromatic rings. The molecule has 0 aromatic heterocycles. The molecule has 0 spiro atoms. The first-order valence-electron chi connectivity index (χ1n) is 5.25. The van der Waals surface area contributed by atoms with Gasteiger partial charge in [-0.1, -0.05) is 0 Å². The zero-order chi connectivity index (χ0) is 12.1. The molecule has 3 atom stereocenters. The molecule has 94 valence electrons. The second-order valence-corrected chi connectivity index (χ2v) is 7.14. The lowest BCUT2D eigenvalue weighted by Crippen LogP contribution is -2.42. The summed E-state index contributed by atoms with van der Waals surface area (Å²) in [7, 11) is -3.58. The summed E-state index contributed by atoms with van der Waals surface area (Å²) in [5.74, 6) is -1.51. The number of nitrogens with one attached hydrogen (secondary N) is 1. The fourth-order valence-corrected chi connectivity index (χ4v) is 3.14. The van der Waals surface area contributed by atoms with Crippen LogP contribution in [0.2, 0.25) is 0 Å². The molecule has 4 nitrogen and oxygen atoms in total. The summed E-state index contributed by atoms with van der Waals surface area (Å²) in [6.45, 7) is 1.58. The maximum Gasteiger partial charge on any atom is 0.241 e. The highest BCUT2D eigenvalue weighted by Gasteiger charge is 2.54. The van der Waals surface area contributed by atoms with E-state index in [-0.39, 0.29) is 6.42 Å². The van der Waals surface area contributed by atoms with Crippen LogP contribution < -0.4 is 4.72 Å². The predicted molar refractivity (Wildman–Crippen MR) is 53.3 cm³/mol. The third kappa shape index (κ3) is 2.08. The molecule has 2 N–H and O–H groups in total. The van der Waals surface area contributed by atoms with Crippen molar-refractivity contribution in [2.24, 2.45) is 11.8 Å². The molecule has 3 unspecified atom stereocenters. The predicted octanol–water partition coefficient (Wildman–Crippen LogP) is 0.678. The number of sulfonamides is 1. The molecule has 0 aliphatic heterocycles. The van der Waals surface area contributed by atoms with E-state index in [2.05, 4.69) is 4.72 Å². The number of hydrogen-bond acceptors (Lipinski definition) is 3. The summed E-state index contributed by atoms with van der Waals surface area (Å²) in [5, 5.41) is 9.51. The number of aliphatic hydroxyl groups excluding tert-OH is 1. The van der Waals surface area contributed by atoms with E-state index in [0.717, 1.165) is 0 Å². The molecule has 16 heavy (non-hydrogen) atoms. The third-order valence-electron chi connectivity index (χ3n) is 3.50. The van der Waals surface area contributed by atoms with Crippen molar-refractivity contribution in [1.29, 1.82) is 0 Å². The summed E-state index contributed by atoms with van der Waals surface area (Å²) >= 11 is 0. The van der Waals surface area contributed by atoms with Gasteiger partial charge in [0.1, 0.15) is 6.23 Å². The molecule has 7 heteroatoms. The Morgan fingerprint density at radius 1 is 1.38 bits per heavy atom. The van der Waals surface area contributed by atoms with Crippen LogP contribution in [0.5, 0.6) is 0 Å². The molecule has 0 radical (unpaired) electrons. The summed E-state index contributed by atoms with van der Waals surface area (Å²) in [6, 6.07) is 0. The molecule has 2 aliphatic rings. The van der Waals surface area contributed by atoms with E-state index < -0.39 is 39.3 Å². The van der Waals surface area contributed by atoms with Crippen LogP contribution in [0.1, 0.15) is 26.2 Å². The lowest BCUT2D eigenvalue weighted by molar-refractivity contribution is 0.0807. The Kier molecular flexibility index (Phi) is 2.75. The van der Waals surface area contributed by atoms with Gasteiger partial charge in [-0.25, -0.2) is 17.2 Å². The molecule has 0 aromatic carbocycles. The van der Waals surface area contributed by atoms with Gasteiger partial charge in [0.05, 0.1) is 4.75 Å². The molecule has 0 heterocycles. The van der Waals surface area contributed by atoms with Gasteiger partial charge in [0.25, 0.3) is 0 Å².